The number of hydrogen-bond acceptors (Lipinski definition) is 7. The van der Waals surface area contributed by atoms with Crippen LogP contribution in [0.25, 0.3) is 32.8 Å². The Kier molecular flexibility index (Phi) is 6.13. The Hall–Kier alpha value is -4.37. The quantitative estimate of drug-likeness (QED) is 0.222. The fourth-order valence-electron chi connectivity index (χ4n) is 7.70. The number of terminal acetylenes is 1. The van der Waals surface area contributed by atoms with Crippen LogP contribution in [0.3, 0.4) is 0 Å². The molecule has 4 aliphatic rings. The minimum atomic E-state index is -3.03. The number of alkyl halides is 3. The molecule has 0 radical (unpaired) electrons. The zero-order chi connectivity index (χ0) is 31.2. The number of ether oxygens (including phenoxy) is 2. The van der Waals surface area contributed by atoms with E-state index in [1.54, 1.807) is 0 Å². The number of rotatable bonds is 4. The van der Waals surface area contributed by atoms with Gasteiger partial charge in [-0.2, -0.15) is 9.97 Å². The maximum absolute atomic E-state index is 16.8. The van der Waals surface area contributed by atoms with E-state index in [0.29, 0.717) is 18.4 Å². The highest BCUT2D eigenvalue weighted by Gasteiger charge is 2.50. The Labute approximate surface area is 254 Å². The summed E-state index contributed by atoms with van der Waals surface area (Å²) in [6.45, 7) is 0.288. The summed E-state index contributed by atoms with van der Waals surface area (Å²) in [7, 11) is 0. The molecule has 7 nitrogen and oxygen atoms in total. The van der Waals surface area contributed by atoms with Gasteiger partial charge in [-0.05, 0) is 54.6 Å². The van der Waals surface area contributed by atoms with Crippen molar-refractivity contribution in [3.8, 4) is 41.0 Å². The summed E-state index contributed by atoms with van der Waals surface area (Å²) < 4.78 is 87.5. The maximum Gasteiger partial charge on any atom is 0.319 e. The van der Waals surface area contributed by atoms with Gasteiger partial charge in [0.25, 0.3) is 5.92 Å². The maximum atomic E-state index is 16.8. The monoisotopic (exact) mass is 622 g/mol. The molecule has 0 saturated carbocycles. The third-order valence-corrected chi connectivity index (χ3v) is 9.63. The predicted molar refractivity (Wildman–Crippen MR) is 157 cm³/mol. The molecule has 4 aromatic rings. The van der Waals surface area contributed by atoms with Crippen molar-refractivity contribution in [3.05, 3.63) is 47.5 Å². The van der Waals surface area contributed by atoms with E-state index in [-0.39, 0.29) is 75.9 Å². The van der Waals surface area contributed by atoms with Gasteiger partial charge in [0.05, 0.1) is 29.1 Å². The molecule has 4 aliphatic heterocycles. The van der Waals surface area contributed by atoms with Gasteiger partial charge < -0.3 is 19.5 Å². The highest BCUT2D eigenvalue weighted by molar-refractivity contribution is 6.06. The average molecular weight is 623 g/mol. The Morgan fingerprint density at radius 3 is 2.78 bits per heavy atom. The van der Waals surface area contributed by atoms with Gasteiger partial charge in [0.2, 0.25) is 0 Å². The van der Waals surface area contributed by atoms with Crippen LogP contribution >= 0.6 is 0 Å². The Bertz CT molecular complexity index is 1950. The first-order chi connectivity index (χ1) is 21.6. The smallest absolute Gasteiger partial charge is 0.319 e. The number of fused-ring (bicyclic) bond motifs is 4. The molecule has 232 valence electrons. The zero-order valence-corrected chi connectivity index (χ0v) is 23.9. The number of halogens is 5. The number of nitrogens with zero attached hydrogens (tertiary/aromatic N) is 4. The molecule has 1 N–H and O–H groups in total. The largest absolute Gasteiger partial charge is 0.508 e. The van der Waals surface area contributed by atoms with Crippen molar-refractivity contribution in [2.45, 2.75) is 49.4 Å². The summed E-state index contributed by atoms with van der Waals surface area (Å²) in [6, 6.07) is 5.63. The summed E-state index contributed by atoms with van der Waals surface area (Å²) in [4.78, 5) is 12.4. The van der Waals surface area contributed by atoms with E-state index in [1.165, 1.54) is 35.2 Å². The third-order valence-electron chi connectivity index (χ3n) is 9.63. The van der Waals surface area contributed by atoms with Crippen molar-refractivity contribution >= 4 is 27.5 Å². The molecule has 0 bridgehead atoms. The molecular formula is C33H27F5N4O3. The minimum absolute atomic E-state index is 0.0434. The van der Waals surface area contributed by atoms with E-state index in [9.17, 15) is 22.7 Å². The first-order valence-corrected chi connectivity index (χ1v) is 14.8. The molecule has 3 aromatic carbocycles. The molecule has 3 atom stereocenters. The number of benzene rings is 3. The van der Waals surface area contributed by atoms with Crippen molar-refractivity contribution in [1.82, 2.24) is 14.9 Å². The fourth-order valence-corrected chi connectivity index (χ4v) is 7.70. The highest BCUT2D eigenvalue weighted by atomic mass is 19.3. The summed E-state index contributed by atoms with van der Waals surface area (Å²) in [6.07, 6.45) is 6.04. The molecule has 3 saturated heterocycles. The standard InChI is InChI=1S/C33H27F5N4O3/c1-2-21-24(35)5-4-17-8-20(43)9-22(26(17)21)23-10-25-27-29(28(23)36)39-31(45-16-32-6-3-7-41(32)13-18(34)11-32)40-30(27)42-15-33(37,38)12-19(42)14-44-25/h1,4-5,8-10,18-19,43H,3,6-7,11-16H2/t18-,19+,32+/m1/s1. The normalized spacial score (nSPS) is 25.2. The van der Waals surface area contributed by atoms with Crippen LogP contribution in [0.4, 0.5) is 27.8 Å². The van der Waals surface area contributed by atoms with E-state index in [0.717, 1.165) is 13.0 Å². The third kappa shape index (κ3) is 4.35. The highest BCUT2D eigenvalue weighted by Crippen LogP contribution is 2.48. The molecule has 1 aromatic heterocycles. The number of hydrogen-bond donors (Lipinski definition) is 1. The molecule has 8 rings (SSSR count). The second kappa shape index (κ2) is 9.81. The van der Waals surface area contributed by atoms with Gasteiger partial charge in [-0.1, -0.05) is 12.0 Å². The molecule has 5 heterocycles. The molecule has 12 heteroatoms. The second-order valence-corrected chi connectivity index (χ2v) is 12.5. The minimum Gasteiger partial charge on any atom is -0.508 e. The van der Waals surface area contributed by atoms with Crippen molar-refractivity contribution in [2.75, 3.05) is 37.7 Å². The molecule has 0 spiro atoms. The lowest BCUT2D eigenvalue weighted by Crippen LogP contribution is -2.43. The van der Waals surface area contributed by atoms with E-state index in [4.69, 9.17) is 15.9 Å². The van der Waals surface area contributed by atoms with Gasteiger partial charge >= 0.3 is 6.01 Å². The van der Waals surface area contributed by atoms with E-state index in [2.05, 4.69) is 15.9 Å². The number of aromatic hydroxyl groups is 1. The number of aromatic nitrogens is 2. The van der Waals surface area contributed by atoms with E-state index in [1.807, 2.05) is 4.90 Å². The van der Waals surface area contributed by atoms with Crippen LogP contribution in [-0.4, -0.2) is 76.5 Å². The molecular weight excluding hydrogens is 595 g/mol. The van der Waals surface area contributed by atoms with Crippen LogP contribution in [0.15, 0.2) is 30.3 Å². The van der Waals surface area contributed by atoms with Crippen molar-refractivity contribution in [1.29, 1.82) is 0 Å². The summed E-state index contributed by atoms with van der Waals surface area (Å²) in [5.74, 6) is -2.32. The predicted octanol–water partition coefficient (Wildman–Crippen LogP) is 5.98. The molecule has 45 heavy (non-hydrogen) atoms. The van der Waals surface area contributed by atoms with Gasteiger partial charge in [0, 0.05) is 30.3 Å². The van der Waals surface area contributed by atoms with Crippen LogP contribution < -0.4 is 14.4 Å². The lowest BCUT2D eigenvalue weighted by atomic mass is 9.92. The van der Waals surface area contributed by atoms with E-state index >= 15 is 4.39 Å². The van der Waals surface area contributed by atoms with Gasteiger partial charge in [0.15, 0.2) is 5.82 Å². The summed E-state index contributed by atoms with van der Waals surface area (Å²) in [5.41, 5.74) is -0.938. The van der Waals surface area contributed by atoms with E-state index < -0.39 is 48.3 Å². The first-order valence-electron chi connectivity index (χ1n) is 14.8. The Morgan fingerprint density at radius 2 is 1.96 bits per heavy atom. The van der Waals surface area contributed by atoms with Crippen LogP contribution in [0.5, 0.6) is 17.5 Å². The van der Waals surface area contributed by atoms with Gasteiger partial charge in [-0.25, -0.2) is 22.0 Å². The summed E-state index contributed by atoms with van der Waals surface area (Å²) in [5, 5.41) is 11.2. The van der Waals surface area contributed by atoms with Crippen LogP contribution in [0.1, 0.15) is 31.2 Å². The van der Waals surface area contributed by atoms with Crippen LogP contribution in [0, 0.1) is 24.0 Å². The summed E-state index contributed by atoms with van der Waals surface area (Å²) >= 11 is 0. The SMILES string of the molecule is C#Cc1c(F)ccc2cc(O)cc(-c3cc4c5c(nc(OC[C@@]67CCCN6C[C@H](F)C7)nc5c3F)N3CC(F)(F)C[C@H]3CO4)c12. The Morgan fingerprint density at radius 1 is 1.11 bits per heavy atom. The van der Waals surface area contributed by atoms with Gasteiger partial charge in [-0.15, -0.1) is 6.42 Å². The van der Waals surface area contributed by atoms with Gasteiger partial charge in [0.1, 0.15) is 48.0 Å². The Balaban J connectivity index is 1.34. The van der Waals surface area contributed by atoms with Crippen LogP contribution in [0.2, 0.25) is 0 Å². The zero-order valence-electron chi connectivity index (χ0n) is 23.9. The molecule has 0 unspecified atom stereocenters. The van der Waals surface area contributed by atoms with Crippen molar-refractivity contribution < 1.29 is 36.5 Å². The lowest BCUT2D eigenvalue weighted by Gasteiger charge is -2.31. The van der Waals surface area contributed by atoms with Crippen molar-refractivity contribution in [3.63, 3.8) is 0 Å². The molecule has 0 aliphatic carbocycles. The average Bonchev–Trinajstić information content (AvgIpc) is 3.60. The lowest BCUT2D eigenvalue weighted by molar-refractivity contribution is 0.0205. The number of phenolic OH excluding ortho intramolecular Hbond substituents is 1. The topological polar surface area (TPSA) is 71.0 Å². The van der Waals surface area contributed by atoms with Crippen molar-refractivity contribution in [2.24, 2.45) is 0 Å². The second-order valence-electron chi connectivity index (χ2n) is 12.5. The first kappa shape index (κ1) is 28.1. The number of anilines is 1. The molecule has 0 amide bonds. The van der Waals surface area contributed by atoms with Crippen LogP contribution in [-0.2, 0) is 0 Å². The molecule has 3 fully saturated rings. The number of phenols is 1. The fraction of sp³-hybridized carbons (Fsp3) is 0.394. The van der Waals surface area contributed by atoms with Gasteiger partial charge in [-0.3, -0.25) is 4.90 Å².